The minimum atomic E-state index is -2.82. The second kappa shape index (κ2) is 10.1. The Balaban J connectivity index is 1.61. The molecule has 9 heteroatoms. The lowest BCUT2D eigenvalue weighted by molar-refractivity contribution is -0.0593. The number of methoxy groups -OCH3 is 1. The van der Waals surface area contributed by atoms with Crippen LogP contribution in [0.3, 0.4) is 0 Å². The quantitative estimate of drug-likeness (QED) is 0.236. The number of thiophene rings is 1. The second-order valence-electron chi connectivity index (χ2n) is 10.3. The van der Waals surface area contributed by atoms with E-state index in [4.69, 9.17) is 18.9 Å². The number of rotatable bonds is 8. The zero-order valence-corrected chi connectivity index (χ0v) is 23.3. The van der Waals surface area contributed by atoms with Crippen molar-refractivity contribution in [1.82, 2.24) is 9.55 Å². The average molecular weight is 539 g/mol. The number of carbonyl (C=O) groups excluding carboxylic acids is 1. The van der Waals surface area contributed by atoms with Crippen molar-refractivity contribution >= 4 is 46.3 Å². The van der Waals surface area contributed by atoms with Crippen molar-refractivity contribution in [2.45, 2.75) is 51.5 Å². The van der Waals surface area contributed by atoms with Gasteiger partial charge in [-0.3, -0.25) is 0 Å². The van der Waals surface area contributed by atoms with Crippen LogP contribution in [-0.2, 0) is 27.1 Å². The Labute approximate surface area is 221 Å². The van der Waals surface area contributed by atoms with E-state index in [1.165, 1.54) is 7.11 Å². The molecule has 1 saturated heterocycles. The van der Waals surface area contributed by atoms with Crippen LogP contribution in [0.4, 0.5) is 4.39 Å². The van der Waals surface area contributed by atoms with Crippen LogP contribution in [0.15, 0.2) is 60.7 Å². The summed E-state index contributed by atoms with van der Waals surface area (Å²) in [6.07, 6.45) is 0.870. The number of nitrogens with zero attached hydrogens (tertiary/aromatic N) is 2. The third kappa shape index (κ3) is 4.54. The van der Waals surface area contributed by atoms with Crippen LogP contribution in [0.1, 0.15) is 42.7 Å². The summed E-state index contributed by atoms with van der Waals surface area (Å²) in [5.41, 5.74) is 0.307. The maximum absolute atomic E-state index is 15.5. The molecule has 2 aromatic carbocycles. The number of imidazole rings is 1. The van der Waals surface area contributed by atoms with Crippen molar-refractivity contribution in [1.29, 1.82) is 0 Å². The van der Waals surface area contributed by atoms with E-state index in [0.717, 1.165) is 28.1 Å². The van der Waals surface area contributed by atoms with Crippen molar-refractivity contribution in [2.75, 3.05) is 13.7 Å². The Morgan fingerprint density at radius 2 is 1.73 bits per heavy atom. The highest BCUT2D eigenvalue weighted by Crippen LogP contribution is 2.38. The van der Waals surface area contributed by atoms with Gasteiger partial charge in [0.25, 0.3) is 8.32 Å². The van der Waals surface area contributed by atoms with Gasteiger partial charge in [0.15, 0.2) is 10.7 Å². The molecule has 0 radical (unpaired) electrons. The Kier molecular flexibility index (Phi) is 7.06. The summed E-state index contributed by atoms with van der Waals surface area (Å²) < 4.78 is 34.8. The van der Waals surface area contributed by atoms with Crippen molar-refractivity contribution in [3.63, 3.8) is 0 Å². The molecule has 0 spiro atoms. The Morgan fingerprint density at radius 3 is 2.22 bits per heavy atom. The van der Waals surface area contributed by atoms with Gasteiger partial charge >= 0.3 is 5.97 Å². The Bertz CT molecular complexity index is 1360. The molecule has 6 nitrogen and oxygen atoms in total. The molecule has 1 aliphatic rings. The normalized spacial score (nSPS) is 16.1. The fourth-order valence-electron chi connectivity index (χ4n) is 5.10. The van der Waals surface area contributed by atoms with Crippen LogP contribution < -0.4 is 10.4 Å². The number of hydrogen-bond acceptors (Lipinski definition) is 6. The van der Waals surface area contributed by atoms with Crippen LogP contribution in [-0.4, -0.2) is 43.7 Å². The van der Waals surface area contributed by atoms with Gasteiger partial charge < -0.3 is 18.5 Å². The van der Waals surface area contributed by atoms with Gasteiger partial charge in [0.05, 0.1) is 26.4 Å². The van der Waals surface area contributed by atoms with Gasteiger partial charge in [-0.05, 0) is 21.8 Å². The zero-order chi connectivity index (χ0) is 26.2. The monoisotopic (exact) mass is 538 g/mol. The van der Waals surface area contributed by atoms with Crippen molar-refractivity contribution in [2.24, 2.45) is 0 Å². The fraction of sp³-hybridized carbons (Fsp3) is 0.357. The molecule has 194 valence electrons. The molecule has 2 aromatic heterocycles. The molecule has 0 N–H and O–H groups in total. The van der Waals surface area contributed by atoms with E-state index in [2.05, 4.69) is 45.0 Å². The lowest BCUT2D eigenvalue weighted by Crippen LogP contribution is -2.66. The predicted octanol–water partition coefficient (Wildman–Crippen LogP) is 4.89. The lowest BCUT2D eigenvalue weighted by atomic mass is 10.2. The van der Waals surface area contributed by atoms with E-state index in [9.17, 15) is 4.79 Å². The van der Waals surface area contributed by atoms with E-state index in [1.54, 1.807) is 0 Å². The first-order chi connectivity index (χ1) is 17.8. The van der Waals surface area contributed by atoms with Crippen molar-refractivity contribution in [3.8, 4) is 0 Å². The molecule has 1 fully saturated rings. The maximum atomic E-state index is 15.5. The van der Waals surface area contributed by atoms with E-state index in [0.29, 0.717) is 29.3 Å². The molecular weight excluding hydrogens is 507 g/mol. The minimum Gasteiger partial charge on any atom is -0.465 e. The second-order valence-corrected chi connectivity index (χ2v) is 15.6. The summed E-state index contributed by atoms with van der Waals surface area (Å²) >= 11 is 1.01. The van der Waals surface area contributed by atoms with E-state index in [-0.39, 0.29) is 22.6 Å². The molecule has 0 saturated carbocycles. The highest BCUT2D eigenvalue weighted by Gasteiger charge is 2.50. The van der Waals surface area contributed by atoms with Gasteiger partial charge in [-0.25, -0.2) is 14.2 Å². The van der Waals surface area contributed by atoms with Crippen LogP contribution in [0.5, 0.6) is 0 Å². The van der Waals surface area contributed by atoms with Gasteiger partial charge in [-0.15, -0.1) is 11.3 Å². The number of carbonyl (C=O) groups is 1. The first kappa shape index (κ1) is 25.8. The first-order valence-electron chi connectivity index (χ1n) is 12.4. The predicted molar refractivity (Wildman–Crippen MR) is 146 cm³/mol. The molecular formula is C28H31FN2O4SSi. The first-order valence-corrected chi connectivity index (χ1v) is 15.1. The van der Waals surface area contributed by atoms with Crippen molar-refractivity contribution < 1.29 is 23.1 Å². The van der Waals surface area contributed by atoms with Crippen molar-refractivity contribution in [3.05, 3.63) is 77.2 Å². The maximum Gasteiger partial charge on any atom is 0.351 e. The number of benzene rings is 2. The van der Waals surface area contributed by atoms with Gasteiger partial charge in [-0.1, -0.05) is 81.4 Å². The Hall–Kier alpha value is -2.85. The SMILES string of the molecule is COC(=O)c1sc2nc(CO[Si](c3ccccc3)(c3ccccc3)C(C)(C)C)n(C[C@@H]3CCO3)c2c1F. The van der Waals surface area contributed by atoms with Gasteiger partial charge in [0.2, 0.25) is 0 Å². The molecule has 1 aliphatic heterocycles. The largest absolute Gasteiger partial charge is 0.465 e. The van der Waals surface area contributed by atoms with E-state index in [1.807, 2.05) is 41.0 Å². The lowest BCUT2D eigenvalue weighted by Gasteiger charge is -2.43. The zero-order valence-electron chi connectivity index (χ0n) is 21.5. The molecule has 0 unspecified atom stereocenters. The van der Waals surface area contributed by atoms with Crippen LogP contribution >= 0.6 is 11.3 Å². The summed E-state index contributed by atoms with van der Waals surface area (Å²) in [5, 5.41) is 2.12. The molecule has 4 aromatic rings. The van der Waals surface area contributed by atoms with Gasteiger partial charge in [-0.2, -0.15) is 0 Å². The highest BCUT2D eigenvalue weighted by molar-refractivity contribution is 7.20. The number of halogens is 1. The van der Waals surface area contributed by atoms with Gasteiger partial charge in [0.1, 0.15) is 16.2 Å². The molecule has 0 aliphatic carbocycles. The molecule has 3 heterocycles. The molecule has 37 heavy (non-hydrogen) atoms. The minimum absolute atomic E-state index is 0.0232. The molecule has 1 atom stereocenters. The third-order valence-corrected chi connectivity index (χ3v) is 13.0. The van der Waals surface area contributed by atoms with Crippen LogP contribution in [0.25, 0.3) is 10.3 Å². The van der Waals surface area contributed by atoms with Crippen LogP contribution in [0, 0.1) is 5.82 Å². The van der Waals surface area contributed by atoms with Crippen LogP contribution in [0.2, 0.25) is 5.04 Å². The molecule has 5 rings (SSSR count). The summed E-state index contributed by atoms with van der Waals surface area (Å²) in [7, 11) is -1.57. The topological polar surface area (TPSA) is 62.6 Å². The van der Waals surface area contributed by atoms with E-state index >= 15 is 4.39 Å². The third-order valence-electron chi connectivity index (χ3n) is 7.01. The summed E-state index contributed by atoms with van der Waals surface area (Å²) in [6.45, 7) is 7.99. The number of fused-ring (bicyclic) bond motifs is 1. The number of aromatic nitrogens is 2. The average Bonchev–Trinajstić information content (AvgIpc) is 3.37. The van der Waals surface area contributed by atoms with E-state index < -0.39 is 20.1 Å². The van der Waals surface area contributed by atoms with Gasteiger partial charge in [0, 0.05) is 6.61 Å². The number of ether oxygens (including phenoxy) is 2. The smallest absolute Gasteiger partial charge is 0.351 e. The molecule has 0 bridgehead atoms. The Morgan fingerprint density at radius 1 is 1.14 bits per heavy atom. The fourth-order valence-corrected chi connectivity index (χ4v) is 10.6. The summed E-state index contributed by atoms with van der Waals surface area (Å²) in [5.74, 6) is -0.674. The summed E-state index contributed by atoms with van der Waals surface area (Å²) in [4.78, 5) is 17.3. The molecule has 0 amide bonds. The number of hydrogen-bond donors (Lipinski definition) is 0. The standard InChI is InChI=1S/C28H31FN2O4SSi/c1-28(2,3)37(20-11-7-5-8-12-20,21-13-9-6-10-14-21)35-18-22-30-26-24(31(22)17-19-15-16-34-19)23(29)25(36-26)27(32)33-4/h5-14,19H,15-18H2,1-4H3/t19-/m0/s1. The summed E-state index contributed by atoms with van der Waals surface area (Å²) in [6, 6.07) is 20.8. The number of esters is 1. The highest BCUT2D eigenvalue weighted by atomic mass is 32.1.